The lowest BCUT2D eigenvalue weighted by Gasteiger charge is -2.17. The number of hydrogen-bond acceptors (Lipinski definition) is 1. The molecule has 0 aromatic heterocycles. The van der Waals surface area contributed by atoms with Gasteiger partial charge in [0.05, 0.1) is 0 Å². The Morgan fingerprint density at radius 2 is 1.27 bits per heavy atom. The maximum absolute atomic E-state index is 11.4. The van der Waals surface area contributed by atoms with Crippen LogP contribution in [0.3, 0.4) is 0 Å². The highest BCUT2D eigenvalue weighted by atomic mass is 16.4. The van der Waals surface area contributed by atoms with Gasteiger partial charge in [0.2, 0.25) is 0 Å². The SMILES string of the molecule is CCCCCCCCCCC(=CCCCCCCCC(C)(C)C)C(=O)O. The van der Waals surface area contributed by atoms with Crippen molar-refractivity contribution in [1.29, 1.82) is 0 Å². The molecule has 1 N–H and O–H groups in total. The molecule has 0 aliphatic carbocycles. The summed E-state index contributed by atoms with van der Waals surface area (Å²) in [5, 5.41) is 9.35. The maximum Gasteiger partial charge on any atom is 0.331 e. The summed E-state index contributed by atoms with van der Waals surface area (Å²) in [6, 6.07) is 0. The van der Waals surface area contributed by atoms with Crippen LogP contribution in [0.25, 0.3) is 0 Å². The molecule has 0 aliphatic rings. The van der Waals surface area contributed by atoms with Crippen molar-refractivity contribution in [3.05, 3.63) is 11.6 Å². The molecule has 0 aromatic carbocycles. The van der Waals surface area contributed by atoms with Crippen molar-refractivity contribution in [2.45, 2.75) is 130 Å². The first kappa shape index (κ1) is 25.2. The lowest BCUT2D eigenvalue weighted by Crippen LogP contribution is -2.03. The van der Waals surface area contributed by atoms with E-state index in [1.807, 2.05) is 6.08 Å². The molecule has 0 amide bonds. The molecular weight excluding hydrogens is 320 g/mol. The fourth-order valence-electron chi connectivity index (χ4n) is 3.35. The summed E-state index contributed by atoms with van der Waals surface area (Å²) in [6.45, 7) is 9.15. The molecule has 0 saturated heterocycles. The van der Waals surface area contributed by atoms with Crippen LogP contribution in [0.4, 0.5) is 0 Å². The topological polar surface area (TPSA) is 37.3 Å². The van der Waals surface area contributed by atoms with Gasteiger partial charge in [-0.2, -0.15) is 0 Å². The van der Waals surface area contributed by atoms with E-state index in [2.05, 4.69) is 27.7 Å². The molecular formula is C24H46O2. The number of carboxylic acid groups (broad SMARTS) is 1. The number of aliphatic carboxylic acids is 1. The summed E-state index contributed by atoms with van der Waals surface area (Å²) in [5.41, 5.74) is 1.10. The second-order valence-corrected chi connectivity index (χ2v) is 9.13. The standard InChI is InChI=1S/C24H46O2/c1-5-6-7-8-9-10-13-16-19-22(23(25)26)20-17-14-11-12-15-18-21-24(2,3)4/h20H,5-19,21H2,1-4H3,(H,25,26). The van der Waals surface area contributed by atoms with Gasteiger partial charge in [-0.1, -0.05) is 104 Å². The third-order valence-electron chi connectivity index (χ3n) is 5.10. The van der Waals surface area contributed by atoms with Gasteiger partial charge in [0.1, 0.15) is 0 Å². The van der Waals surface area contributed by atoms with Gasteiger partial charge in [0, 0.05) is 5.57 Å². The Balaban J connectivity index is 3.69. The van der Waals surface area contributed by atoms with Gasteiger partial charge in [0.25, 0.3) is 0 Å². The van der Waals surface area contributed by atoms with Gasteiger partial charge >= 0.3 is 5.97 Å². The highest BCUT2D eigenvalue weighted by molar-refractivity contribution is 5.86. The zero-order valence-electron chi connectivity index (χ0n) is 18.2. The Kier molecular flexibility index (Phi) is 15.9. The van der Waals surface area contributed by atoms with E-state index >= 15 is 0 Å². The van der Waals surface area contributed by atoms with Crippen molar-refractivity contribution >= 4 is 5.97 Å². The van der Waals surface area contributed by atoms with Gasteiger partial charge in [-0.3, -0.25) is 0 Å². The van der Waals surface area contributed by atoms with Crippen molar-refractivity contribution in [3.8, 4) is 0 Å². The second kappa shape index (κ2) is 16.4. The maximum atomic E-state index is 11.4. The van der Waals surface area contributed by atoms with Crippen LogP contribution in [-0.4, -0.2) is 11.1 Å². The highest BCUT2D eigenvalue weighted by Crippen LogP contribution is 2.22. The molecule has 0 bridgehead atoms. The highest BCUT2D eigenvalue weighted by Gasteiger charge is 2.09. The first-order chi connectivity index (χ1) is 12.4. The summed E-state index contributed by atoms with van der Waals surface area (Å²) in [6.07, 6.45) is 21.3. The molecule has 0 fully saturated rings. The minimum absolute atomic E-state index is 0.453. The smallest absolute Gasteiger partial charge is 0.331 e. The number of allylic oxidation sites excluding steroid dienone is 1. The molecule has 2 heteroatoms. The Labute approximate surface area is 163 Å². The quantitative estimate of drug-likeness (QED) is 0.207. The molecule has 0 unspecified atom stereocenters. The first-order valence-corrected chi connectivity index (χ1v) is 11.3. The zero-order valence-corrected chi connectivity index (χ0v) is 18.2. The molecule has 0 aromatic rings. The number of hydrogen-bond donors (Lipinski definition) is 1. The summed E-state index contributed by atoms with van der Waals surface area (Å²) >= 11 is 0. The normalized spacial score (nSPS) is 12.5. The van der Waals surface area contributed by atoms with Crippen LogP contribution in [0.5, 0.6) is 0 Å². The molecule has 154 valence electrons. The average Bonchev–Trinajstić information content (AvgIpc) is 2.56. The van der Waals surface area contributed by atoms with Crippen molar-refractivity contribution < 1.29 is 9.90 Å². The van der Waals surface area contributed by atoms with Crippen LogP contribution in [0.1, 0.15) is 130 Å². The van der Waals surface area contributed by atoms with Crippen LogP contribution in [-0.2, 0) is 4.79 Å². The largest absolute Gasteiger partial charge is 0.478 e. The predicted octanol–water partition coefficient (Wildman–Crippen LogP) is 8.31. The van der Waals surface area contributed by atoms with E-state index in [0.29, 0.717) is 11.0 Å². The Bertz CT molecular complexity index is 363. The van der Waals surface area contributed by atoms with E-state index in [9.17, 15) is 9.90 Å². The van der Waals surface area contributed by atoms with Gasteiger partial charge < -0.3 is 5.11 Å². The molecule has 0 atom stereocenters. The van der Waals surface area contributed by atoms with Gasteiger partial charge in [-0.05, 0) is 37.5 Å². The summed E-state index contributed by atoms with van der Waals surface area (Å²) < 4.78 is 0. The average molecular weight is 367 g/mol. The number of carbonyl (C=O) groups is 1. The van der Waals surface area contributed by atoms with Crippen molar-refractivity contribution in [1.82, 2.24) is 0 Å². The Morgan fingerprint density at radius 3 is 1.81 bits per heavy atom. The van der Waals surface area contributed by atoms with Crippen LogP contribution in [0, 0.1) is 5.41 Å². The molecule has 0 aliphatic heterocycles. The van der Waals surface area contributed by atoms with E-state index in [-0.39, 0.29) is 0 Å². The van der Waals surface area contributed by atoms with E-state index in [0.717, 1.165) is 25.7 Å². The number of unbranched alkanes of at least 4 members (excludes halogenated alkanes) is 12. The molecule has 0 rings (SSSR count). The lowest BCUT2D eigenvalue weighted by atomic mass is 9.89. The molecule has 0 radical (unpaired) electrons. The van der Waals surface area contributed by atoms with Crippen LogP contribution < -0.4 is 0 Å². The predicted molar refractivity (Wildman–Crippen MR) is 115 cm³/mol. The minimum Gasteiger partial charge on any atom is -0.478 e. The van der Waals surface area contributed by atoms with Crippen LogP contribution >= 0.6 is 0 Å². The third-order valence-corrected chi connectivity index (χ3v) is 5.10. The fraction of sp³-hybridized carbons (Fsp3) is 0.875. The number of carboxylic acids is 1. The molecule has 26 heavy (non-hydrogen) atoms. The van der Waals surface area contributed by atoms with Crippen molar-refractivity contribution in [2.75, 3.05) is 0 Å². The zero-order chi connectivity index (χ0) is 19.7. The second-order valence-electron chi connectivity index (χ2n) is 9.13. The van der Waals surface area contributed by atoms with Crippen molar-refractivity contribution in [3.63, 3.8) is 0 Å². The number of rotatable bonds is 17. The van der Waals surface area contributed by atoms with Gasteiger partial charge in [-0.25, -0.2) is 4.79 Å². The molecule has 0 heterocycles. The van der Waals surface area contributed by atoms with Crippen LogP contribution in [0.15, 0.2) is 11.6 Å². The van der Waals surface area contributed by atoms with Gasteiger partial charge in [0.15, 0.2) is 0 Å². The molecule has 0 saturated carbocycles. The Hall–Kier alpha value is -0.790. The molecule has 0 spiro atoms. The van der Waals surface area contributed by atoms with Gasteiger partial charge in [-0.15, -0.1) is 0 Å². The minimum atomic E-state index is -0.710. The summed E-state index contributed by atoms with van der Waals surface area (Å²) in [4.78, 5) is 11.4. The monoisotopic (exact) mass is 366 g/mol. The fourth-order valence-corrected chi connectivity index (χ4v) is 3.35. The van der Waals surface area contributed by atoms with E-state index in [1.54, 1.807) is 0 Å². The van der Waals surface area contributed by atoms with Crippen LogP contribution in [0.2, 0.25) is 0 Å². The molecule has 2 nitrogen and oxygen atoms in total. The van der Waals surface area contributed by atoms with E-state index in [4.69, 9.17) is 0 Å². The lowest BCUT2D eigenvalue weighted by molar-refractivity contribution is -0.132. The first-order valence-electron chi connectivity index (χ1n) is 11.3. The summed E-state index contributed by atoms with van der Waals surface area (Å²) in [5.74, 6) is -0.710. The van der Waals surface area contributed by atoms with E-state index < -0.39 is 5.97 Å². The van der Waals surface area contributed by atoms with E-state index in [1.165, 1.54) is 77.0 Å². The Morgan fingerprint density at radius 1 is 0.769 bits per heavy atom. The van der Waals surface area contributed by atoms with Crippen molar-refractivity contribution in [2.24, 2.45) is 5.41 Å². The third kappa shape index (κ3) is 18.0. The summed E-state index contributed by atoms with van der Waals surface area (Å²) in [7, 11) is 0.